The molecular formula is C13H27NO. The van der Waals surface area contributed by atoms with E-state index in [0.29, 0.717) is 6.61 Å². The molecule has 90 valence electrons. The van der Waals surface area contributed by atoms with E-state index in [1.165, 1.54) is 45.3 Å². The van der Waals surface area contributed by atoms with Crippen LogP contribution in [-0.2, 0) is 0 Å². The summed E-state index contributed by atoms with van der Waals surface area (Å²) in [6.45, 7) is 8.88. The first-order chi connectivity index (χ1) is 7.24. The van der Waals surface area contributed by atoms with Crippen molar-refractivity contribution in [3.05, 3.63) is 0 Å². The number of hydrogen-bond acceptors (Lipinski definition) is 2. The predicted octanol–water partition coefficient (Wildman–Crippen LogP) is 2.52. The number of aliphatic hydroxyl groups excluding tert-OH is 1. The zero-order valence-electron chi connectivity index (χ0n) is 10.4. The van der Waals surface area contributed by atoms with Crippen LogP contribution in [0, 0.1) is 11.8 Å². The second kappa shape index (κ2) is 7.24. The summed E-state index contributed by atoms with van der Waals surface area (Å²) in [5, 5.41) is 8.69. The van der Waals surface area contributed by atoms with Crippen LogP contribution in [0.4, 0.5) is 0 Å². The molecule has 0 amide bonds. The fourth-order valence-electron chi connectivity index (χ4n) is 2.47. The van der Waals surface area contributed by atoms with E-state index in [1.54, 1.807) is 0 Å². The first kappa shape index (κ1) is 13.0. The molecule has 1 heterocycles. The summed E-state index contributed by atoms with van der Waals surface area (Å²) in [5.41, 5.74) is 0. The third-order valence-corrected chi connectivity index (χ3v) is 3.71. The van der Waals surface area contributed by atoms with Gasteiger partial charge in [-0.15, -0.1) is 0 Å². The molecule has 0 aromatic carbocycles. The first-order valence-electron chi connectivity index (χ1n) is 6.57. The van der Waals surface area contributed by atoms with Crippen LogP contribution in [-0.4, -0.2) is 36.2 Å². The number of hydrogen-bond donors (Lipinski definition) is 1. The molecule has 1 saturated heterocycles. The van der Waals surface area contributed by atoms with Gasteiger partial charge in [0.05, 0.1) is 0 Å². The van der Waals surface area contributed by atoms with Gasteiger partial charge in [-0.1, -0.05) is 13.8 Å². The van der Waals surface area contributed by atoms with Crippen molar-refractivity contribution in [2.45, 2.75) is 46.0 Å². The summed E-state index contributed by atoms with van der Waals surface area (Å²) in [4.78, 5) is 2.59. The molecule has 1 fully saturated rings. The number of likely N-dealkylation sites (tertiary alicyclic amines) is 1. The van der Waals surface area contributed by atoms with Crippen molar-refractivity contribution in [1.82, 2.24) is 4.90 Å². The monoisotopic (exact) mass is 213 g/mol. The van der Waals surface area contributed by atoms with Gasteiger partial charge in [0.15, 0.2) is 0 Å². The van der Waals surface area contributed by atoms with Gasteiger partial charge in [-0.05, 0) is 63.6 Å². The fraction of sp³-hybridized carbons (Fsp3) is 1.00. The normalized spacial score (nSPS) is 20.0. The summed E-state index contributed by atoms with van der Waals surface area (Å²) >= 11 is 0. The standard InChI is InChI=1S/C13H27NO/c1-12(2)13-6-9-14(10-7-13)8-4-3-5-11-15/h12-13,15H,3-11H2,1-2H3. The summed E-state index contributed by atoms with van der Waals surface area (Å²) in [5.74, 6) is 1.82. The molecule has 0 bridgehead atoms. The lowest BCUT2D eigenvalue weighted by molar-refractivity contribution is 0.154. The average Bonchev–Trinajstić information content (AvgIpc) is 2.25. The van der Waals surface area contributed by atoms with E-state index in [0.717, 1.165) is 18.3 Å². The minimum absolute atomic E-state index is 0.357. The summed E-state index contributed by atoms with van der Waals surface area (Å²) in [7, 11) is 0. The third kappa shape index (κ3) is 4.98. The molecule has 2 heteroatoms. The second-order valence-electron chi connectivity index (χ2n) is 5.21. The highest BCUT2D eigenvalue weighted by Gasteiger charge is 2.20. The van der Waals surface area contributed by atoms with Crippen molar-refractivity contribution in [3.63, 3.8) is 0 Å². The van der Waals surface area contributed by atoms with Crippen molar-refractivity contribution in [2.24, 2.45) is 11.8 Å². The Morgan fingerprint density at radius 3 is 2.33 bits per heavy atom. The Morgan fingerprint density at radius 2 is 1.80 bits per heavy atom. The summed E-state index contributed by atoms with van der Waals surface area (Å²) in [6, 6.07) is 0. The highest BCUT2D eigenvalue weighted by atomic mass is 16.2. The van der Waals surface area contributed by atoms with Crippen LogP contribution in [0.5, 0.6) is 0 Å². The smallest absolute Gasteiger partial charge is 0.0431 e. The van der Waals surface area contributed by atoms with Crippen molar-refractivity contribution in [2.75, 3.05) is 26.2 Å². The quantitative estimate of drug-likeness (QED) is 0.685. The van der Waals surface area contributed by atoms with Crippen molar-refractivity contribution < 1.29 is 5.11 Å². The van der Waals surface area contributed by atoms with Crippen molar-refractivity contribution >= 4 is 0 Å². The number of rotatable bonds is 6. The molecule has 0 atom stereocenters. The lowest BCUT2D eigenvalue weighted by Crippen LogP contribution is -2.35. The number of aliphatic hydroxyl groups is 1. The highest BCUT2D eigenvalue weighted by Crippen LogP contribution is 2.24. The average molecular weight is 213 g/mol. The van der Waals surface area contributed by atoms with Crippen LogP contribution in [0.1, 0.15) is 46.0 Å². The van der Waals surface area contributed by atoms with Crippen LogP contribution >= 0.6 is 0 Å². The van der Waals surface area contributed by atoms with E-state index >= 15 is 0 Å². The maximum atomic E-state index is 8.69. The number of unbranched alkanes of at least 4 members (excludes halogenated alkanes) is 2. The van der Waals surface area contributed by atoms with E-state index in [9.17, 15) is 0 Å². The Hall–Kier alpha value is -0.0800. The molecule has 15 heavy (non-hydrogen) atoms. The molecule has 0 saturated carbocycles. The Labute approximate surface area is 94.7 Å². The van der Waals surface area contributed by atoms with Gasteiger partial charge in [0.25, 0.3) is 0 Å². The molecule has 2 nitrogen and oxygen atoms in total. The van der Waals surface area contributed by atoms with Gasteiger partial charge in [0, 0.05) is 6.61 Å². The molecule has 0 spiro atoms. The van der Waals surface area contributed by atoms with Gasteiger partial charge < -0.3 is 10.0 Å². The number of piperidine rings is 1. The van der Waals surface area contributed by atoms with Gasteiger partial charge in [0.2, 0.25) is 0 Å². The Bertz CT molecular complexity index is 151. The Kier molecular flexibility index (Phi) is 6.26. The molecule has 1 N–H and O–H groups in total. The minimum Gasteiger partial charge on any atom is -0.396 e. The SMILES string of the molecule is CC(C)C1CCN(CCCCCO)CC1. The van der Waals surface area contributed by atoms with Gasteiger partial charge in [0.1, 0.15) is 0 Å². The van der Waals surface area contributed by atoms with Crippen LogP contribution < -0.4 is 0 Å². The molecule has 1 aliphatic heterocycles. The Morgan fingerprint density at radius 1 is 1.13 bits per heavy atom. The predicted molar refractivity (Wildman–Crippen MR) is 64.9 cm³/mol. The van der Waals surface area contributed by atoms with Crippen LogP contribution in [0.25, 0.3) is 0 Å². The molecule has 0 aromatic rings. The van der Waals surface area contributed by atoms with Crippen LogP contribution in [0.3, 0.4) is 0 Å². The second-order valence-corrected chi connectivity index (χ2v) is 5.21. The first-order valence-corrected chi connectivity index (χ1v) is 6.57. The van der Waals surface area contributed by atoms with Gasteiger partial charge in [-0.25, -0.2) is 0 Å². The topological polar surface area (TPSA) is 23.5 Å². The van der Waals surface area contributed by atoms with E-state index in [-0.39, 0.29) is 0 Å². The van der Waals surface area contributed by atoms with Gasteiger partial charge >= 0.3 is 0 Å². The fourth-order valence-corrected chi connectivity index (χ4v) is 2.47. The van der Waals surface area contributed by atoms with E-state index in [2.05, 4.69) is 18.7 Å². The molecule has 0 unspecified atom stereocenters. The molecule has 0 radical (unpaired) electrons. The molecule has 0 aliphatic carbocycles. The zero-order valence-corrected chi connectivity index (χ0v) is 10.4. The largest absolute Gasteiger partial charge is 0.396 e. The van der Waals surface area contributed by atoms with Gasteiger partial charge in [-0.2, -0.15) is 0 Å². The summed E-state index contributed by atoms with van der Waals surface area (Å²) in [6.07, 6.45) is 6.19. The molecule has 0 aromatic heterocycles. The number of nitrogens with zero attached hydrogens (tertiary/aromatic N) is 1. The molecular weight excluding hydrogens is 186 g/mol. The van der Waals surface area contributed by atoms with E-state index < -0.39 is 0 Å². The van der Waals surface area contributed by atoms with E-state index in [1.807, 2.05) is 0 Å². The van der Waals surface area contributed by atoms with Crippen molar-refractivity contribution in [3.8, 4) is 0 Å². The summed E-state index contributed by atoms with van der Waals surface area (Å²) < 4.78 is 0. The molecule has 1 aliphatic rings. The van der Waals surface area contributed by atoms with Crippen molar-refractivity contribution in [1.29, 1.82) is 0 Å². The maximum Gasteiger partial charge on any atom is 0.0431 e. The lowest BCUT2D eigenvalue weighted by Gasteiger charge is -2.33. The van der Waals surface area contributed by atoms with E-state index in [4.69, 9.17) is 5.11 Å². The maximum absolute atomic E-state index is 8.69. The zero-order chi connectivity index (χ0) is 11.1. The lowest BCUT2D eigenvalue weighted by atomic mass is 9.87. The van der Waals surface area contributed by atoms with Crippen LogP contribution in [0.15, 0.2) is 0 Å². The minimum atomic E-state index is 0.357. The molecule has 1 rings (SSSR count). The van der Waals surface area contributed by atoms with Crippen LogP contribution in [0.2, 0.25) is 0 Å². The van der Waals surface area contributed by atoms with Gasteiger partial charge in [-0.3, -0.25) is 0 Å². The third-order valence-electron chi connectivity index (χ3n) is 3.71. The highest BCUT2D eigenvalue weighted by molar-refractivity contribution is 4.74. The Balaban J connectivity index is 2.04.